The van der Waals surface area contributed by atoms with Gasteiger partial charge in [0.2, 0.25) is 0 Å². The second kappa shape index (κ2) is 8.18. The molecule has 0 amide bonds. The van der Waals surface area contributed by atoms with E-state index in [9.17, 15) is 0 Å². The van der Waals surface area contributed by atoms with Gasteiger partial charge in [0.25, 0.3) is 0 Å². The summed E-state index contributed by atoms with van der Waals surface area (Å²) >= 11 is 0. The van der Waals surface area contributed by atoms with Gasteiger partial charge in [-0.05, 0) is 29.9 Å². The number of aliphatic hydroxyl groups excluding tert-OH is 1. The van der Waals surface area contributed by atoms with Crippen molar-refractivity contribution in [2.45, 2.75) is 39.7 Å². The molecule has 2 N–H and O–H groups in total. The Balaban J connectivity index is 2.63. The highest BCUT2D eigenvalue weighted by atomic mass is 16.5. The second-order valence-electron chi connectivity index (χ2n) is 5.31. The van der Waals surface area contributed by atoms with Crippen LogP contribution in [0, 0.1) is 5.92 Å². The van der Waals surface area contributed by atoms with Crippen LogP contribution in [-0.2, 0) is 6.54 Å². The largest absolute Gasteiger partial charge is 0.496 e. The Kier molecular flexibility index (Phi) is 6.89. The zero-order valence-corrected chi connectivity index (χ0v) is 12.6. The lowest BCUT2D eigenvalue weighted by Gasteiger charge is -2.15. The summed E-state index contributed by atoms with van der Waals surface area (Å²) in [6.07, 6.45) is 0.993. The highest BCUT2D eigenvalue weighted by Gasteiger charge is 2.08. The van der Waals surface area contributed by atoms with E-state index in [1.165, 1.54) is 11.1 Å². The molecular formula is C16H27NO2. The van der Waals surface area contributed by atoms with Crippen molar-refractivity contribution in [3.8, 4) is 5.75 Å². The van der Waals surface area contributed by atoms with E-state index in [4.69, 9.17) is 9.84 Å². The monoisotopic (exact) mass is 265 g/mol. The minimum Gasteiger partial charge on any atom is -0.496 e. The standard InChI is InChI=1S/C16H27NO2/c1-5-13(11-18)9-17-10-15-7-6-14(12(2)3)8-16(15)19-4/h6-8,12-13,17-18H,5,9-11H2,1-4H3. The molecule has 0 saturated carbocycles. The Hall–Kier alpha value is -1.06. The third-order valence-corrected chi connectivity index (χ3v) is 3.56. The summed E-state index contributed by atoms with van der Waals surface area (Å²) in [6, 6.07) is 6.40. The SMILES string of the molecule is CCC(CO)CNCc1ccc(C(C)C)cc1OC. The number of benzene rings is 1. The number of hydrogen-bond donors (Lipinski definition) is 2. The molecule has 0 aromatic heterocycles. The van der Waals surface area contributed by atoms with Crippen molar-refractivity contribution >= 4 is 0 Å². The van der Waals surface area contributed by atoms with Gasteiger partial charge in [0, 0.05) is 25.3 Å². The van der Waals surface area contributed by atoms with Crippen LogP contribution in [0.25, 0.3) is 0 Å². The minimum atomic E-state index is 0.243. The van der Waals surface area contributed by atoms with Gasteiger partial charge in [0.05, 0.1) is 7.11 Å². The zero-order valence-electron chi connectivity index (χ0n) is 12.6. The van der Waals surface area contributed by atoms with E-state index in [0.29, 0.717) is 11.8 Å². The summed E-state index contributed by atoms with van der Waals surface area (Å²) in [5, 5.41) is 12.5. The van der Waals surface area contributed by atoms with E-state index in [1.54, 1.807) is 7.11 Å². The first-order valence-corrected chi connectivity index (χ1v) is 7.10. The van der Waals surface area contributed by atoms with E-state index in [-0.39, 0.29) is 6.61 Å². The fraction of sp³-hybridized carbons (Fsp3) is 0.625. The van der Waals surface area contributed by atoms with Crippen molar-refractivity contribution in [2.75, 3.05) is 20.3 Å². The molecule has 19 heavy (non-hydrogen) atoms. The lowest BCUT2D eigenvalue weighted by Crippen LogP contribution is -2.24. The van der Waals surface area contributed by atoms with Gasteiger partial charge in [-0.15, -0.1) is 0 Å². The van der Waals surface area contributed by atoms with Crippen LogP contribution < -0.4 is 10.1 Å². The van der Waals surface area contributed by atoms with Crippen molar-refractivity contribution in [3.05, 3.63) is 29.3 Å². The lowest BCUT2D eigenvalue weighted by atomic mass is 10.0. The Morgan fingerprint density at radius 3 is 2.58 bits per heavy atom. The maximum absolute atomic E-state index is 9.16. The molecule has 0 heterocycles. The number of rotatable bonds is 8. The highest BCUT2D eigenvalue weighted by Crippen LogP contribution is 2.24. The fourth-order valence-corrected chi connectivity index (χ4v) is 2.02. The van der Waals surface area contributed by atoms with Crippen LogP contribution >= 0.6 is 0 Å². The Morgan fingerprint density at radius 2 is 2.05 bits per heavy atom. The highest BCUT2D eigenvalue weighted by molar-refractivity contribution is 5.38. The van der Waals surface area contributed by atoms with Gasteiger partial charge >= 0.3 is 0 Å². The van der Waals surface area contributed by atoms with Crippen molar-refractivity contribution in [2.24, 2.45) is 5.92 Å². The van der Waals surface area contributed by atoms with Gasteiger partial charge in [0.15, 0.2) is 0 Å². The van der Waals surface area contributed by atoms with Crippen molar-refractivity contribution in [1.29, 1.82) is 0 Å². The van der Waals surface area contributed by atoms with Gasteiger partial charge < -0.3 is 15.2 Å². The Labute approximate surface area is 117 Å². The normalized spacial score (nSPS) is 12.7. The smallest absolute Gasteiger partial charge is 0.123 e. The van der Waals surface area contributed by atoms with Gasteiger partial charge in [-0.1, -0.05) is 32.9 Å². The fourth-order valence-electron chi connectivity index (χ4n) is 2.02. The summed E-state index contributed by atoms with van der Waals surface area (Å²) in [5.74, 6) is 1.78. The van der Waals surface area contributed by atoms with Crippen LogP contribution in [0.15, 0.2) is 18.2 Å². The average Bonchev–Trinajstić information content (AvgIpc) is 2.43. The van der Waals surface area contributed by atoms with Crippen LogP contribution in [0.5, 0.6) is 5.75 Å². The van der Waals surface area contributed by atoms with Gasteiger partial charge in [-0.3, -0.25) is 0 Å². The number of aliphatic hydroxyl groups is 1. The summed E-state index contributed by atoms with van der Waals surface area (Å²) in [6.45, 7) is 8.31. The van der Waals surface area contributed by atoms with E-state index in [1.807, 2.05) is 0 Å². The molecule has 0 bridgehead atoms. The van der Waals surface area contributed by atoms with Gasteiger partial charge in [-0.2, -0.15) is 0 Å². The molecule has 0 aliphatic carbocycles. The van der Waals surface area contributed by atoms with E-state index < -0.39 is 0 Å². The molecule has 0 fully saturated rings. The van der Waals surface area contributed by atoms with Crippen LogP contribution in [0.4, 0.5) is 0 Å². The van der Waals surface area contributed by atoms with E-state index in [2.05, 4.69) is 44.3 Å². The maximum atomic E-state index is 9.16. The Morgan fingerprint density at radius 1 is 1.32 bits per heavy atom. The van der Waals surface area contributed by atoms with Crippen molar-refractivity contribution in [1.82, 2.24) is 5.32 Å². The topological polar surface area (TPSA) is 41.5 Å². The summed E-state index contributed by atoms with van der Waals surface area (Å²) < 4.78 is 5.46. The molecule has 0 radical (unpaired) electrons. The van der Waals surface area contributed by atoms with Crippen molar-refractivity contribution < 1.29 is 9.84 Å². The molecule has 3 heteroatoms. The second-order valence-corrected chi connectivity index (χ2v) is 5.31. The maximum Gasteiger partial charge on any atom is 0.123 e. The van der Waals surface area contributed by atoms with Crippen LogP contribution in [-0.4, -0.2) is 25.4 Å². The first-order chi connectivity index (χ1) is 9.12. The summed E-state index contributed by atoms with van der Waals surface area (Å²) in [5.41, 5.74) is 2.46. The molecular weight excluding hydrogens is 238 g/mol. The molecule has 0 spiro atoms. The van der Waals surface area contributed by atoms with Crippen LogP contribution in [0.1, 0.15) is 44.2 Å². The number of nitrogens with one attached hydrogen (secondary N) is 1. The number of hydrogen-bond acceptors (Lipinski definition) is 3. The summed E-state index contributed by atoms with van der Waals surface area (Å²) in [4.78, 5) is 0. The predicted molar refractivity (Wildman–Crippen MR) is 79.7 cm³/mol. The average molecular weight is 265 g/mol. The summed E-state index contributed by atoms with van der Waals surface area (Å²) in [7, 11) is 1.71. The van der Waals surface area contributed by atoms with Gasteiger partial charge in [0.1, 0.15) is 5.75 Å². The predicted octanol–water partition coefficient (Wildman–Crippen LogP) is 2.93. The molecule has 1 aromatic rings. The Bertz CT molecular complexity index is 373. The van der Waals surface area contributed by atoms with E-state index >= 15 is 0 Å². The van der Waals surface area contributed by atoms with E-state index in [0.717, 1.165) is 25.3 Å². The number of ether oxygens (including phenoxy) is 1. The first kappa shape index (κ1) is 16.0. The first-order valence-electron chi connectivity index (χ1n) is 7.10. The molecule has 0 aliphatic heterocycles. The van der Waals surface area contributed by atoms with Crippen LogP contribution in [0.2, 0.25) is 0 Å². The molecule has 1 atom stereocenters. The lowest BCUT2D eigenvalue weighted by molar-refractivity contribution is 0.218. The zero-order chi connectivity index (χ0) is 14.3. The molecule has 108 valence electrons. The van der Waals surface area contributed by atoms with Crippen molar-refractivity contribution in [3.63, 3.8) is 0 Å². The third-order valence-electron chi connectivity index (χ3n) is 3.56. The van der Waals surface area contributed by atoms with Crippen LogP contribution in [0.3, 0.4) is 0 Å². The molecule has 1 aromatic carbocycles. The molecule has 3 nitrogen and oxygen atoms in total. The quantitative estimate of drug-likeness (QED) is 0.759. The minimum absolute atomic E-state index is 0.243. The third kappa shape index (κ3) is 4.84. The molecule has 0 aliphatic rings. The molecule has 1 rings (SSSR count). The van der Waals surface area contributed by atoms with Gasteiger partial charge in [-0.25, -0.2) is 0 Å². The number of methoxy groups -OCH3 is 1. The molecule has 1 unspecified atom stereocenters. The molecule has 0 saturated heterocycles.